The predicted molar refractivity (Wildman–Crippen MR) is 131 cm³/mol. The van der Waals surface area contributed by atoms with Crippen molar-refractivity contribution < 1.29 is 4.92 Å². The highest BCUT2D eigenvalue weighted by molar-refractivity contribution is 5.77. The number of aromatic nitrogens is 3. The van der Waals surface area contributed by atoms with Crippen LogP contribution in [-0.4, -0.2) is 24.8 Å². The summed E-state index contributed by atoms with van der Waals surface area (Å²) in [6.45, 7) is 1.37. The first kappa shape index (κ1) is 21.5. The van der Waals surface area contributed by atoms with E-state index in [2.05, 4.69) is 51.6 Å². The van der Waals surface area contributed by atoms with Crippen LogP contribution in [0.3, 0.4) is 0 Å². The molecule has 168 valence electrons. The van der Waals surface area contributed by atoms with E-state index in [0.29, 0.717) is 18.6 Å². The molecule has 4 aromatic carbocycles. The Balaban J connectivity index is 1.64. The smallest absolute Gasteiger partial charge is 0.269 e. The number of nitrogens with zero attached hydrogens (tertiary/aromatic N) is 5. The first-order chi connectivity index (χ1) is 16.7. The number of nitro groups is 1. The van der Waals surface area contributed by atoms with Crippen LogP contribution in [-0.2, 0) is 13.1 Å². The van der Waals surface area contributed by atoms with Crippen LogP contribution in [0.4, 0.5) is 5.69 Å². The van der Waals surface area contributed by atoms with E-state index in [1.807, 2.05) is 59.3 Å². The molecule has 0 saturated heterocycles. The van der Waals surface area contributed by atoms with Crippen molar-refractivity contribution in [3.63, 3.8) is 0 Å². The molecule has 0 aliphatic heterocycles. The maximum absolute atomic E-state index is 11.3. The van der Waals surface area contributed by atoms with Crippen molar-refractivity contribution in [3.8, 4) is 0 Å². The average molecular weight is 450 g/mol. The van der Waals surface area contributed by atoms with Gasteiger partial charge in [-0.1, -0.05) is 96.2 Å². The van der Waals surface area contributed by atoms with E-state index in [1.54, 1.807) is 6.07 Å². The summed E-state index contributed by atoms with van der Waals surface area (Å²) in [6, 6.07) is 35.5. The molecule has 1 atom stereocenters. The zero-order chi connectivity index (χ0) is 23.3. The number of nitro benzene ring substituents is 1. The van der Waals surface area contributed by atoms with Crippen molar-refractivity contribution in [2.45, 2.75) is 19.3 Å². The van der Waals surface area contributed by atoms with E-state index < -0.39 is 4.92 Å². The molecule has 1 aromatic heterocycles. The largest absolute Gasteiger partial charge is 0.271 e. The molecule has 1 heterocycles. The Labute approximate surface area is 197 Å². The minimum atomic E-state index is -0.412. The maximum Gasteiger partial charge on any atom is 0.271 e. The lowest BCUT2D eigenvalue weighted by atomic mass is 10.1. The van der Waals surface area contributed by atoms with Gasteiger partial charge in [0, 0.05) is 25.2 Å². The van der Waals surface area contributed by atoms with E-state index in [0.717, 1.165) is 11.1 Å². The van der Waals surface area contributed by atoms with Gasteiger partial charge >= 0.3 is 0 Å². The zero-order valence-corrected chi connectivity index (χ0v) is 18.4. The number of fused-ring (bicyclic) bond motifs is 1. The van der Waals surface area contributed by atoms with Crippen LogP contribution in [0.15, 0.2) is 109 Å². The molecule has 0 fully saturated rings. The summed E-state index contributed by atoms with van der Waals surface area (Å²) in [5, 5.41) is 20.0. The fraction of sp³-hybridized carbons (Fsp3) is 0.111. The summed E-state index contributed by atoms with van der Waals surface area (Å²) in [5.41, 5.74) is 4.65. The standard InChI is InChI=1S/C27H23N5O2/c33-32(34)24-16-17-26-25(18-24)28-29-31(26)27(23-14-8-3-9-15-23)30(19-21-10-4-1-5-11-21)20-22-12-6-2-7-13-22/h1-18,27H,19-20H2. The van der Waals surface area contributed by atoms with Crippen molar-refractivity contribution in [1.82, 2.24) is 19.9 Å². The van der Waals surface area contributed by atoms with E-state index in [9.17, 15) is 10.1 Å². The van der Waals surface area contributed by atoms with Gasteiger partial charge in [-0.15, -0.1) is 5.10 Å². The van der Waals surface area contributed by atoms with Crippen molar-refractivity contribution in [2.75, 3.05) is 0 Å². The Morgan fingerprint density at radius 1 is 0.794 bits per heavy atom. The van der Waals surface area contributed by atoms with Gasteiger partial charge in [0.1, 0.15) is 11.7 Å². The summed E-state index contributed by atoms with van der Waals surface area (Å²) < 4.78 is 1.86. The fourth-order valence-electron chi connectivity index (χ4n) is 4.22. The average Bonchev–Trinajstić information content (AvgIpc) is 3.29. The van der Waals surface area contributed by atoms with Crippen molar-refractivity contribution in [3.05, 3.63) is 136 Å². The molecule has 0 radical (unpaired) electrons. The summed E-state index contributed by atoms with van der Waals surface area (Å²) in [6.07, 6.45) is -0.270. The Hall–Kier alpha value is -4.36. The Kier molecular flexibility index (Phi) is 6.09. The van der Waals surface area contributed by atoms with Gasteiger partial charge in [-0.25, -0.2) is 4.68 Å². The Morgan fingerprint density at radius 3 is 1.91 bits per heavy atom. The quantitative estimate of drug-likeness (QED) is 0.228. The van der Waals surface area contributed by atoms with Gasteiger partial charge in [0.2, 0.25) is 0 Å². The van der Waals surface area contributed by atoms with Crippen LogP contribution in [0.25, 0.3) is 11.0 Å². The molecule has 0 amide bonds. The van der Waals surface area contributed by atoms with E-state index in [4.69, 9.17) is 0 Å². The van der Waals surface area contributed by atoms with Gasteiger partial charge in [0.05, 0.1) is 10.4 Å². The highest BCUT2D eigenvalue weighted by Gasteiger charge is 2.26. The summed E-state index contributed by atoms with van der Waals surface area (Å²) >= 11 is 0. The lowest BCUT2D eigenvalue weighted by molar-refractivity contribution is -0.384. The molecule has 0 aliphatic rings. The maximum atomic E-state index is 11.3. The lowest BCUT2D eigenvalue weighted by Gasteiger charge is -2.32. The van der Waals surface area contributed by atoms with Crippen LogP contribution in [0.2, 0.25) is 0 Å². The van der Waals surface area contributed by atoms with Gasteiger partial charge in [-0.05, 0) is 22.8 Å². The molecule has 0 saturated carbocycles. The van der Waals surface area contributed by atoms with Crippen molar-refractivity contribution >= 4 is 16.7 Å². The molecular weight excluding hydrogens is 426 g/mol. The van der Waals surface area contributed by atoms with Crippen LogP contribution in [0.1, 0.15) is 22.9 Å². The van der Waals surface area contributed by atoms with E-state index in [1.165, 1.54) is 23.3 Å². The molecule has 5 aromatic rings. The molecule has 0 aliphatic carbocycles. The van der Waals surface area contributed by atoms with E-state index in [-0.39, 0.29) is 11.9 Å². The third-order valence-electron chi connectivity index (χ3n) is 5.80. The number of benzene rings is 4. The summed E-state index contributed by atoms with van der Waals surface area (Å²) in [5.74, 6) is 0. The molecule has 5 rings (SSSR count). The minimum Gasteiger partial charge on any atom is -0.269 e. The highest BCUT2D eigenvalue weighted by Crippen LogP contribution is 2.30. The molecular formula is C27H23N5O2. The third-order valence-corrected chi connectivity index (χ3v) is 5.80. The molecule has 0 bridgehead atoms. The Bertz CT molecular complexity index is 1350. The van der Waals surface area contributed by atoms with Gasteiger partial charge in [-0.2, -0.15) is 0 Å². The van der Waals surface area contributed by atoms with Crippen molar-refractivity contribution in [2.24, 2.45) is 0 Å². The second kappa shape index (κ2) is 9.64. The van der Waals surface area contributed by atoms with Gasteiger partial charge in [-0.3, -0.25) is 15.0 Å². The predicted octanol–water partition coefficient (Wildman–Crippen LogP) is 5.59. The van der Waals surface area contributed by atoms with Gasteiger partial charge in [0.15, 0.2) is 0 Å². The zero-order valence-electron chi connectivity index (χ0n) is 18.4. The molecule has 7 nitrogen and oxygen atoms in total. The number of hydrogen-bond donors (Lipinski definition) is 0. The highest BCUT2D eigenvalue weighted by atomic mass is 16.6. The fourth-order valence-corrected chi connectivity index (χ4v) is 4.22. The van der Waals surface area contributed by atoms with E-state index >= 15 is 0 Å². The van der Waals surface area contributed by atoms with Crippen LogP contribution < -0.4 is 0 Å². The third kappa shape index (κ3) is 4.55. The first-order valence-electron chi connectivity index (χ1n) is 11.1. The summed E-state index contributed by atoms with van der Waals surface area (Å²) in [4.78, 5) is 13.2. The molecule has 34 heavy (non-hydrogen) atoms. The van der Waals surface area contributed by atoms with Crippen LogP contribution in [0.5, 0.6) is 0 Å². The second-order valence-electron chi connectivity index (χ2n) is 8.12. The van der Waals surface area contributed by atoms with Crippen molar-refractivity contribution in [1.29, 1.82) is 0 Å². The Morgan fingerprint density at radius 2 is 1.35 bits per heavy atom. The number of non-ortho nitro benzene ring substituents is 1. The molecule has 0 spiro atoms. The number of hydrogen-bond acceptors (Lipinski definition) is 5. The number of rotatable bonds is 8. The van der Waals surface area contributed by atoms with Crippen LogP contribution in [0, 0.1) is 10.1 Å². The first-order valence-corrected chi connectivity index (χ1v) is 11.1. The monoisotopic (exact) mass is 449 g/mol. The normalized spacial score (nSPS) is 12.1. The minimum absolute atomic E-state index is 0.00115. The molecule has 1 unspecified atom stereocenters. The van der Waals surface area contributed by atoms with Gasteiger partial charge in [0.25, 0.3) is 5.69 Å². The topological polar surface area (TPSA) is 77.1 Å². The SMILES string of the molecule is O=[N+]([O-])c1ccc2c(c1)nnn2C(c1ccccc1)N(Cc1ccccc1)Cc1ccccc1. The second-order valence-corrected chi connectivity index (χ2v) is 8.12. The molecule has 0 N–H and O–H groups in total. The lowest BCUT2D eigenvalue weighted by Crippen LogP contribution is -2.33. The van der Waals surface area contributed by atoms with Gasteiger partial charge < -0.3 is 0 Å². The molecule has 7 heteroatoms. The summed E-state index contributed by atoms with van der Waals surface area (Å²) in [7, 11) is 0. The van der Waals surface area contributed by atoms with Crippen LogP contribution >= 0.6 is 0 Å².